The molecule has 6 nitrogen and oxygen atoms in total. The first-order valence-corrected chi connectivity index (χ1v) is 9.14. The van der Waals surface area contributed by atoms with Crippen molar-refractivity contribution in [2.75, 3.05) is 20.3 Å². The Morgan fingerprint density at radius 1 is 1.07 bits per heavy atom. The summed E-state index contributed by atoms with van der Waals surface area (Å²) in [5.74, 6) is -0.788. The largest absolute Gasteiger partial charge is 0.507 e. The van der Waals surface area contributed by atoms with Gasteiger partial charge in [-0.1, -0.05) is 41.5 Å². The lowest BCUT2D eigenvalue weighted by Gasteiger charge is -2.28. The number of nitrogens with one attached hydrogen (secondary N) is 1. The van der Waals surface area contributed by atoms with Gasteiger partial charge in [-0.15, -0.1) is 0 Å². The number of benzene rings is 1. The Hall–Kier alpha value is -2.08. The third-order valence-corrected chi connectivity index (χ3v) is 4.22. The van der Waals surface area contributed by atoms with Gasteiger partial charge in [0.15, 0.2) is 6.10 Å². The van der Waals surface area contributed by atoms with E-state index in [0.717, 1.165) is 0 Å². The highest BCUT2D eigenvalue weighted by atomic mass is 16.5. The quantitative estimate of drug-likeness (QED) is 0.585. The van der Waals surface area contributed by atoms with Gasteiger partial charge >= 0.3 is 5.97 Å². The molecule has 0 bridgehead atoms. The van der Waals surface area contributed by atoms with Gasteiger partial charge in [-0.2, -0.15) is 0 Å². The Morgan fingerprint density at radius 2 is 1.56 bits per heavy atom. The number of carbonyl (C=O) groups is 2. The molecule has 6 heteroatoms. The van der Waals surface area contributed by atoms with Crippen molar-refractivity contribution in [1.29, 1.82) is 0 Å². The predicted octanol–water partition coefficient (Wildman–Crippen LogP) is 3.30. The molecule has 0 aromatic heterocycles. The van der Waals surface area contributed by atoms with Gasteiger partial charge in [0.05, 0.1) is 12.2 Å². The van der Waals surface area contributed by atoms with Gasteiger partial charge in [0.1, 0.15) is 5.75 Å². The van der Waals surface area contributed by atoms with E-state index in [1.165, 1.54) is 6.92 Å². The van der Waals surface area contributed by atoms with Crippen molar-refractivity contribution >= 4 is 11.9 Å². The number of hydrogen-bond donors (Lipinski definition) is 2. The molecule has 27 heavy (non-hydrogen) atoms. The van der Waals surface area contributed by atoms with E-state index in [1.54, 1.807) is 19.2 Å². The van der Waals surface area contributed by atoms with Crippen LogP contribution in [-0.4, -0.2) is 43.3 Å². The summed E-state index contributed by atoms with van der Waals surface area (Å²) in [5.41, 5.74) is 0.935. The van der Waals surface area contributed by atoms with Crippen LogP contribution < -0.4 is 5.32 Å². The fourth-order valence-electron chi connectivity index (χ4n) is 2.60. The van der Waals surface area contributed by atoms with E-state index in [2.05, 4.69) is 5.32 Å². The van der Waals surface area contributed by atoms with Crippen molar-refractivity contribution in [1.82, 2.24) is 5.32 Å². The second-order valence-corrected chi connectivity index (χ2v) is 8.75. The molecule has 0 aliphatic rings. The van der Waals surface area contributed by atoms with E-state index < -0.39 is 12.1 Å². The summed E-state index contributed by atoms with van der Waals surface area (Å²) in [4.78, 5) is 24.7. The van der Waals surface area contributed by atoms with E-state index >= 15 is 0 Å². The lowest BCUT2D eigenvalue weighted by Crippen LogP contribution is -2.37. The average molecular weight is 379 g/mol. The van der Waals surface area contributed by atoms with Gasteiger partial charge in [-0.25, -0.2) is 4.79 Å². The predicted molar refractivity (Wildman–Crippen MR) is 105 cm³/mol. The Balaban J connectivity index is 3.14. The molecular formula is C21H33NO5. The third-order valence-electron chi connectivity index (χ3n) is 4.22. The van der Waals surface area contributed by atoms with Crippen molar-refractivity contribution < 1.29 is 24.2 Å². The van der Waals surface area contributed by atoms with Gasteiger partial charge in [-0.3, -0.25) is 4.79 Å². The number of phenolic OH excluding ortho intramolecular Hbond substituents is 1. The van der Waals surface area contributed by atoms with E-state index in [9.17, 15) is 14.7 Å². The van der Waals surface area contributed by atoms with Crippen molar-refractivity contribution in [3.8, 4) is 5.75 Å². The summed E-state index contributed by atoms with van der Waals surface area (Å²) < 4.78 is 10.2. The zero-order chi connectivity index (χ0) is 21.0. The number of hydrogen-bond acceptors (Lipinski definition) is 5. The number of ether oxygens (including phenoxy) is 2. The number of esters is 1. The van der Waals surface area contributed by atoms with Crippen molar-refractivity contribution in [3.63, 3.8) is 0 Å². The minimum Gasteiger partial charge on any atom is -0.507 e. The van der Waals surface area contributed by atoms with E-state index in [0.29, 0.717) is 29.8 Å². The van der Waals surface area contributed by atoms with Gasteiger partial charge < -0.3 is 19.9 Å². The molecule has 0 fully saturated rings. The monoisotopic (exact) mass is 379 g/mol. The Kier molecular flexibility index (Phi) is 7.43. The van der Waals surface area contributed by atoms with Crippen molar-refractivity contribution in [2.45, 2.75) is 65.4 Å². The molecule has 0 heterocycles. The summed E-state index contributed by atoms with van der Waals surface area (Å²) in [6.07, 6.45) is -0.931. The maximum absolute atomic E-state index is 12.7. The van der Waals surface area contributed by atoms with Crippen LogP contribution in [-0.2, 0) is 25.1 Å². The van der Waals surface area contributed by atoms with E-state index in [4.69, 9.17) is 9.47 Å². The molecule has 0 saturated heterocycles. The van der Waals surface area contributed by atoms with Gasteiger partial charge in [0.2, 0.25) is 0 Å². The summed E-state index contributed by atoms with van der Waals surface area (Å²) in [6, 6.07) is 3.28. The molecule has 2 N–H and O–H groups in total. The highest BCUT2D eigenvalue weighted by molar-refractivity contribution is 5.93. The van der Waals surface area contributed by atoms with Crippen LogP contribution in [0.4, 0.5) is 0 Å². The number of amides is 1. The van der Waals surface area contributed by atoms with E-state index in [-0.39, 0.29) is 22.5 Å². The lowest BCUT2D eigenvalue weighted by atomic mass is 9.78. The van der Waals surface area contributed by atoms with Crippen LogP contribution in [0.3, 0.4) is 0 Å². The molecule has 0 saturated carbocycles. The lowest BCUT2D eigenvalue weighted by molar-refractivity contribution is -0.129. The topological polar surface area (TPSA) is 84.9 Å². The second-order valence-electron chi connectivity index (χ2n) is 8.75. The zero-order valence-corrected chi connectivity index (χ0v) is 17.7. The molecular weight excluding hydrogens is 346 g/mol. The number of rotatable bonds is 6. The summed E-state index contributed by atoms with van der Waals surface area (Å²) >= 11 is 0. The van der Waals surface area contributed by atoms with Crippen LogP contribution in [0.15, 0.2) is 12.1 Å². The standard InChI is InChI=1S/C21H33NO5/c1-13(18(24)22-9-10-26-8)27-19(25)14-11-15(20(2,3)4)17(23)16(12-14)21(5,6)7/h11-13,23H,9-10H2,1-8H3,(H,22,24)/t13-/m0/s1. The first-order valence-electron chi connectivity index (χ1n) is 9.14. The van der Waals surface area contributed by atoms with Crippen LogP contribution in [0, 0.1) is 0 Å². The van der Waals surface area contributed by atoms with Gasteiger partial charge in [0.25, 0.3) is 5.91 Å². The fourth-order valence-corrected chi connectivity index (χ4v) is 2.60. The molecule has 1 atom stereocenters. The zero-order valence-electron chi connectivity index (χ0n) is 17.7. The maximum Gasteiger partial charge on any atom is 0.338 e. The smallest absolute Gasteiger partial charge is 0.338 e. The highest BCUT2D eigenvalue weighted by Gasteiger charge is 2.29. The fraction of sp³-hybridized carbons (Fsp3) is 0.619. The highest BCUT2D eigenvalue weighted by Crippen LogP contribution is 2.39. The van der Waals surface area contributed by atoms with Crippen LogP contribution in [0.1, 0.15) is 70.0 Å². The molecule has 0 radical (unpaired) electrons. The number of carbonyl (C=O) groups excluding carboxylic acids is 2. The Bertz CT molecular complexity index is 648. The molecule has 152 valence electrons. The van der Waals surface area contributed by atoms with Crippen LogP contribution in [0.5, 0.6) is 5.75 Å². The normalized spacial score (nSPS) is 13.2. The van der Waals surface area contributed by atoms with E-state index in [1.807, 2.05) is 41.5 Å². The van der Waals surface area contributed by atoms with Crippen molar-refractivity contribution in [3.05, 3.63) is 28.8 Å². The molecule has 0 spiro atoms. The number of aromatic hydroxyl groups is 1. The third kappa shape index (κ3) is 6.24. The minimum absolute atomic E-state index is 0.192. The second kappa shape index (κ2) is 8.74. The van der Waals surface area contributed by atoms with Crippen LogP contribution >= 0.6 is 0 Å². The Labute approximate surface area is 162 Å². The van der Waals surface area contributed by atoms with Crippen molar-refractivity contribution in [2.24, 2.45) is 0 Å². The van der Waals surface area contributed by atoms with Gasteiger partial charge in [-0.05, 0) is 29.9 Å². The maximum atomic E-state index is 12.7. The SMILES string of the molecule is COCCNC(=O)[C@H](C)OC(=O)c1cc(C(C)(C)C)c(O)c(C(C)(C)C)c1. The minimum atomic E-state index is -0.931. The number of phenols is 1. The summed E-state index contributed by atoms with van der Waals surface area (Å²) in [5, 5.41) is 13.4. The molecule has 1 amide bonds. The molecule has 1 rings (SSSR count). The van der Waals surface area contributed by atoms with Gasteiger partial charge in [0, 0.05) is 24.8 Å². The van der Waals surface area contributed by atoms with Crippen LogP contribution in [0.25, 0.3) is 0 Å². The molecule has 0 unspecified atom stereocenters. The van der Waals surface area contributed by atoms with Crippen LogP contribution in [0.2, 0.25) is 0 Å². The molecule has 0 aliphatic heterocycles. The summed E-state index contributed by atoms with van der Waals surface area (Å²) in [7, 11) is 1.54. The average Bonchev–Trinajstić information content (AvgIpc) is 2.52. The molecule has 1 aromatic rings. The first-order chi connectivity index (χ1) is 12.3. The molecule has 0 aliphatic carbocycles. The molecule has 1 aromatic carbocycles. The summed E-state index contributed by atoms with van der Waals surface area (Å²) in [6.45, 7) is 14.1. The first kappa shape index (κ1) is 23.0. The Morgan fingerprint density at radius 3 is 1.96 bits per heavy atom. The number of methoxy groups -OCH3 is 1.